The van der Waals surface area contributed by atoms with Crippen molar-refractivity contribution in [3.8, 4) is 0 Å². The Morgan fingerprint density at radius 3 is 2.90 bits per heavy atom. The van der Waals surface area contributed by atoms with Crippen LogP contribution in [0.1, 0.15) is 5.82 Å². The van der Waals surface area contributed by atoms with Gasteiger partial charge >= 0.3 is 5.97 Å². The van der Waals surface area contributed by atoms with E-state index in [0.29, 0.717) is 15.8 Å². The summed E-state index contributed by atoms with van der Waals surface area (Å²) in [5.74, 6) is -2.05. The van der Waals surface area contributed by atoms with Crippen LogP contribution in [-0.4, -0.2) is 71.6 Å². The number of rotatable bonds is 7. The second-order valence-corrected chi connectivity index (χ2v) is 8.44. The van der Waals surface area contributed by atoms with E-state index in [4.69, 9.17) is 5.73 Å². The van der Waals surface area contributed by atoms with Gasteiger partial charge in [0.2, 0.25) is 11.5 Å². The molecule has 3 heterocycles. The number of aromatic nitrogens is 2. The predicted molar refractivity (Wildman–Crippen MR) is 116 cm³/mol. The topological polar surface area (TPSA) is 160 Å². The molecule has 0 aromatic carbocycles. The first kappa shape index (κ1) is 21.5. The van der Waals surface area contributed by atoms with Crippen LogP contribution < -0.4 is 11.1 Å². The highest BCUT2D eigenvalue weighted by molar-refractivity contribution is 14.1. The number of hydrogen-bond acceptors (Lipinski definition) is 10. The molecule has 0 spiro atoms. The van der Waals surface area contributed by atoms with Crippen molar-refractivity contribution in [2.24, 2.45) is 5.16 Å². The summed E-state index contributed by atoms with van der Waals surface area (Å²) in [6, 6.07) is -0.907. The van der Waals surface area contributed by atoms with Gasteiger partial charge in [-0.05, 0) is 5.57 Å². The van der Waals surface area contributed by atoms with Gasteiger partial charge in [-0.3, -0.25) is 14.5 Å². The molecule has 0 aliphatic carbocycles. The van der Waals surface area contributed by atoms with Crippen molar-refractivity contribution in [2.45, 2.75) is 11.4 Å². The molecule has 2 aliphatic heterocycles. The summed E-state index contributed by atoms with van der Waals surface area (Å²) in [5, 5.41) is 15.4. The minimum absolute atomic E-state index is 0.0240. The Hall–Kier alpha value is -2.20. The van der Waals surface area contributed by atoms with Crippen LogP contribution in [0.2, 0.25) is 0 Å². The lowest BCUT2D eigenvalue weighted by Crippen LogP contribution is -2.71. The number of nitrogens with zero attached hydrogens (tertiary/aromatic N) is 4. The molecule has 2 aliphatic rings. The van der Waals surface area contributed by atoms with Crippen LogP contribution in [0, 0.1) is 0 Å². The van der Waals surface area contributed by atoms with Gasteiger partial charge in [0.05, 0.1) is 0 Å². The van der Waals surface area contributed by atoms with Gasteiger partial charge in [0.25, 0.3) is 11.8 Å². The van der Waals surface area contributed by atoms with Gasteiger partial charge in [0.15, 0.2) is 5.13 Å². The number of nitrogen functional groups attached to an aromatic ring is 1. The number of carboxylic acids is 1. The van der Waals surface area contributed by atoms with Crippen molar-refractivity contribution in [2.75, 3.05) is 23.0 Å². The van der Waals surface area contributed by atoms with Crippen LogP contribution in [0.3, 0.4) is 0 Å². The Labute approximate surface area is 186 Å². The molecule has 29 heavy (non-hydrogen) atoms. The Kier molecular flexibility index (Phi) is 6.74. The van der Waals surface area contributed by atoms with E-state index in [1.54, 1.807) is 6.08 Å². The summed E-state index contributed by atoms with van der Waals surface area (Å²) in [5.41, 5.74) is 5.80. The van der Waals surface area contributed by atoms with Crippen LogP contribution in [-0.2, 0) is 19.2 Å². The van der Waals surface area contributed by atoms with Crippen LogP contribution in [0.25, 0.3) is 0 Å². The number of thioether (sulfide) groups is 1. The molecule has 1 fully saturated rings. The number of nitrogens with one attached hydrogen (secondary N) is 1. The summed E-state index contributed by atoms with van der Waals surface area (Å²) in [6.07, 6.45) is 3.53. The van der Waals surface area contributed by atoms with E-state index in [-0.39, 0.29) is 22.4 Å². The van der Waals surface area contributed by atoms with Crippen molar-refractivity contribution in [3.63, 3.8) is 0 Å². The van der Waals surface area contributed by atoms with Crippen molar-refractivity contribution >= 4 is 74.5 Å². The van der Waals surface area contributed by atoms with E-state index in [1.165, 1.54) is 23.8 Å². The number of amides is 2. The van der Waals surface area contributed by atoms with Crippen molar-refractivity contribution in [3.05, 3.63) is 29.2 Å². The van der Waals surface area contributed by atoms with Crippen LogP contribution in [0.15, 0.2) is 28.6 Å². The average molecular weight is 550 g/mol. The molecule has 154 valence electrons. The third-order valence-corrected chi connectivity index (χ3v) is 6.30. The first-order valence-electron chi connectivity index (χ1n) is 8.04. The number of nitrogens with two attached hydrogens (primary N) is 1. The van der Waals surface area contributed by atoms with Gasteiger partial charge < -0.3 is 21.0 Å². The SMILES string of the molecule is CON=C(C(=O)NC1C(=O)N2C(C(=O)O)=C(C=CCI)CS[C@@H]12)c1nsc(N)n1. The molecule has 14 heteroatoms. The van der Waals surface area contributed by atoms with Gasteiger partial charge in [-0.15, -0.1) is 11.8 Å². The quantitative estimate of drug-likeness (QED) is 0.142. The number of carbonyl (C=O) groups is 3. The summed E-state index contributed by atoms with van der Waals surface area (Å²) in [4.78, 5) is 46.8. The van der Waals surface area contributed by atoms with Crippen LogP contribution in [0.4, 0.5) is 5.13 Å². The summed E-state index contributed by atoms with van der Waals surface area (Å²) < 4.78 is 4.64. The molecule has 0 radical (unpaired) electrons. The fraction of sp³-hybridized carbons (Fsp3) is 0.333. The minimum atomic E-state index is -1.19. The monoisotopic (exact) mass is 550 g/mol. The third kappa shape index (κ3) is 4.23. The number of anilines is 1. The molecule has 0 saturated carbocycles. The maximum Gasteiger partial charge on any atom is 0.352 e. The van der Waals surface area contributed by atoms with Gasteiger partial charge in [-0.25, -0.2) is 4.79 Å². The highest BCUT2D eigenvalue weighted by Crippen LogP contribution is 2.40. The zero-order valence-corrected chi connectivity index (χ0v) is 18.7. The summed E-state index contributed by atoms with van der Waals surface area (Å²) in [7, 11) is 1.25. The Balaban J connectivity index is 1.80. The lowest BCUT2D eigenvalue weighted by molar-refractivity contribution is -0.150. The highest BCUT2D eigenvalue weighted by Gasteiger charge is 2.54. The Morgan fingerprint density at radius 2 is 2.31 bits per heavy atom. The number of hydrogen-bond donors (Lipinski definition) is 3. The smallest absolute Gasteiger partial charge is 0.352 e. The van der Waals surface area contributed by atoms with Gasteiger partial charge in [-0.1, -0.05) is 39.9 Å². The number of alkyl halides is 1. The standard InChI is InChI=1S/C15H15IN6O5S2/c1-27-20-7(10-19-15(17)29-21-10)11(23)18-8-12(24)22-9(14(25)26)6(3-2-4-16)5-28-13(8)22/h2-3,8,13H,4-5H2,1H3,(H,18,23)(H,25,26)(H2,17,19,21)/t8?,13-/m0/s1. The maximum atomic E-state index is 12.6. The molecule has 11 nitrogen and oxygen atoms in total. The maximum absolute atomic E-state index is 12.6. The first-order chi connectivity index (χ1) is 13.9. The van der Waals surface area contributed by atoms with Crippen LogP contribution >= 0.6 is 45.9 Å². The number of halogens is 1. The molecular formula is C15H15IN6O5S2. The van der Waals surface area contributed by atoms with E-state index in [1.807, 2.05) is 6.08 Å². The fourth-order valence-electron chi connectivity index (χ4n) is 2.77. The molecule has 1 saturated heterocycles. The minimum Gasteiger partial charge on any atom is -0.477 e. The van der Waals surface area contributed by atoms with E-state index < -0.39 is 29.2 Å². The highest BCUT2D eigenvalue weighted by atomic mass is 127. The predicted octanol–water partition coefficient (Wildman–Crippen LogP) is 0.201. The molecular weight excluding hydrogens is 535 g/mol. The molecule has 2 atom stereocenters. The average Bonchev–Trinajstić information content (AvgIpc) is 3.13. The number of aliphatic carboxylic acids is 1. The number of β-lactam (4-membered cyclic amide) rings is 1. The van der Waals surface area contributed by atoms with Crippen molar-refractivity contribution < 1.29 is 24.3 Å². The molecule has 1 aromatic heterocycles. The number of carboxylic acid groups (broad SMARTS) is 1. The lowest BCUT2D eigenvalue weighted by Gasteiger charge is -2.49. The molecule has 1 aromatic rings. The normalized spacial score (nSPS) is 21.8. The number of fused-ring (bicyclic) bond motifs is 1. The lowest BCUT2D eigenvalue weighted by atomic mass is 10.0. The second-order valence-electron chi connectivity index (χ2n) is 5.68. The number of carbonyl (C=O) groups excluding carboxylic acids is 2. The number of allylic oxidation sites excluding steroid dienone is 2. The summed E-state index contributed by atoms with van der Waals surface area (Å²) >= 11 is 4.39. The second kappa shape index (κ2) is 9.08. The Morgan fingerprint density at radius 1 is 1.55 bits per heavy atom. The van der Waals surface area contributed by atoms with Crippen molar-refractivity contribution in [1.82, 2.24) is 19.6 Å². The van der Waals surface area contributed by atoms with Crippen LogP contribution in [0.5, 0.6) is 0 Å². The van der Waals surface area contributed by atoms with Gasteiger partial charge in [-0.2, -0.15) is 9.36 Å². The zero-order chi connectivity index (χ0) is 21.1. The molecule has 1 unspecified atom stereocenters. The van der Waals surface area contributed by atoms with Crippen molar-refractivity contribution in [1.29, 1.82) is 0 Å². The molecule has 2 amide bonds. The first-order valence-corrected chi connectivity index (χ1v) is 11.4. The fourth-order valence-corrected chi connectivity index (χ4v) is 4.78. The third-order valence-electron chi connectivity index (χ3n) is 3.95. The molecule has 3 rings (SSSR count). The number of oxime groups is 1. The van der Waals surface area contributed by atoms with Gasteiger partial charge in [0.1, 0.15) is 24.2 Å². The van der Waals surface area contributed by atoms with Gasteiger partial charge in [0, 0.05) is 21.7 Å². The van der Waals surface area contributed by atoms with E-state index in [2.05, 4.69) is 47.3 Å². The zero-order valence-electron chi connectivity index (χ0n) is 14.9. The van der Waals surface area contributed by atoms with E-state index >= 15 is 0 Å². The summed E-state index contributed by atoms with van der Waals surface area (Å²) in [6.45, 7) is 0. The molecule has 0 bridgehead atoms. The van der Waals surface area contributed by atoms with E-state index in [0.717, 1.165) is 11.5 Å². The molecule has 4 N–H and O–H groups in total. The largest absolute Gasteiger partial charge is 0.477 e. The Bertz CT molecular complexity index is 945. The van der Waals surface area contributed by atoms with E-state index in [9.17, 15) is 19.5 Å².